The van der Waals surface area contributed by atoms with E-state index in [9.17, 15) is 18.0 Å². The average Bonchev–Trinajstić information content (AvgIpc) is 3.65. The van der Waals surface area contributed by atoms with Crippen LogP contribution in [0.15, 0.2) is 114 Å². The molecule has 0 radical (unpaired) electrons. The van der Waals surface area contributed by atoms with Gasteiger partial charge in [-0.25, -0.2) is 8.42 Å². The molecule has 0 unspecified atom stereocenters. The highest BCUT2D eigenvalue weighted by molar-refractivity contribution is 7.89. The van der Waals surface area contributed by atoms with Crippen molar-refractivity contribution in [2.45, 2.75) is 49.6 Å². The molecule has 4 aromatic carbocycles. The van der Waals surface area contributed by atoms with Crippen molar-refractivity contribution in [1.82, 2.24) is 14.5 Å². The minimum Gasteiger partial charge on any atom is -0.497 e. The van der Waals surface area contributed by atoms with Gasteiger partial charge in [0.2, 0.25) is 21.8 Å². The first-order chi connectivity index (χ1) is 22.3. The van der Waals surface area contributed by atoms with Gasteiger partial charge in [-0.05, 0) is 72.2 Å². The number of benzene rings is 4. The van der Waals surface area contributed by atoms with E-state index >= 15 is 0 Å². The number of nitrogens with one attached hydrogen (secondary N) is 1. The number of carbonyl (C=O) groups excluding carboxylic acids is 2. The minimum absolute atomic E-state index is 0.148. The highest BCUT2D eigenvalue weighted by Crippen LogP contribution is 2.27. The second-order valence-corrected chi connectivity index (χ2v) is 13.4. The van der Waals surface area contributed by atoms with Gasteiger partial charge in [-0.15, -0.1) is 0 Å². The van der Waals surface area contributed by atoms with Gasteiger partial charge in [-0.1, -0.05) is 84.9 Å². The second-order valence-electron chi connectivity index (χ2n) is 11.5. The zero-order valence-corrected chi connectivity index (χ0v) is 27.0. The van der Waals surface area contributed by atoms with E-state index in [0.29, 0.717) is 38.2 Å². The molecule has 2 amide bonds. The molecule has 0 aliphatic carbocycles. The topological polar surface area (TPSA) is 96.0 Å². The molecule has 0 spiro atoms. The largest absolute Gasteiger partial charge is 0.497 e. The van der Waals surface area contributed by atoms with Crippen LogP contribution >= 0.6 is 0 Å². The molecule has 0 saturated carbocycles. The molecule has 9 heteroatoms. The van der Waals surface area contributed by atoms with Gasteiger partial charge in [0.1, 0.15) is 11.8 Å². The van der Waals surface area contributed by atoms with Gasteiger partial charge in [0, 0.05) is 32.6 Å². The summed E-state index contributed by atoms with van der Waals surface area (Å²) in [5.74, 6) is 0.271. The van der Waals surface area contributed by atoms with Crippen molar-refractivity contribution in [2.24, 2.45) is 0 Å². The van der Waals surface area contributed by atoms with E-state index in [-0.39, 0.29) is 29.7 Å². The van der Waals surface area contributed by atoms with E-state index in [1.807, 2.05) is 84.9 Å². The lowest BCUT2D eigenvalue weighted by Gasteiger charge is -2.32. The molecule has 8 nitrogen and oxygen atoms in total. The summed E-state index contributed by atoms with van der Waals surface area (Å²) in [6.45, 7) is 1.75. The van der Waals surface area contributed by atoms with Crippen LogP contribution in [0.2, 0.25) is 0 Å². The lowest BCUT2D eigenvalue weighted by atomic mass is 10.0. The maximum absolute atomic E-state index is 14.1. The van der Waals surface area contributed by atoms with E-state index in [0.717, 1.165) is 35.1 Å². The van der Waals surface area contributed by atoms with Crippen LogP contribution in [0.25, 0.3) is 0 Å². The predicted molar refractivity (Wildman–Crippen MR) is 179 cm³/mol. The fraction of sp³-hybridized carbons (Fsp3) is 0.297. The Morgan fingerprint density at radius 3 is 2.00 bits per heavy atom. The highest BCUT2D eigenvalue weighted by atomic mass is 32.2. The predicted octanol–water partition coefficient (Wildman–Crippen LogP) is 5.54. The number of methoxy groups -OCH3 is 1. The number of ether oxygens (including phenoxy) is 1. The summed E-state index contributed by atoms with van der Waals surface area (Å²) < 4.78 is 32.8. The first-order valence-electron chi connectivity index (χ1n) is 15.7. The first-order valence-corrected chi connectivity index (χ1v) is 17.2. The van der Waals surface area contributed by atoms with Crippen LogP contribution in [0.3, 0.4) is 0 Å². The van der Waals surface area contributed by atoms with Crippen LogP contribution < -0.4 is 10.1 Å². The number of aryl methyl sites for hydroxylation is 1. The van der Waals surface area contributed by atoms with Gasteiger partial charge in [-0.2, -0.15) is 4.31 Å². The molecule has 1 N–H and O–H groups in total. The van der Waals surface area contributed by atoms with E-state index < -0.39 is 16.1 Å². The number of rotatable bonds is 14. The van der Waals surface area contributed by atoms with Crippen molar-refractivity contribution in [2.75, 3.05) is 26.7 Å². The lowest BCUT2D eigenvalue weighted by Crippen LogP contribution is -2.44. The Bertz CT molecular complexity index is 1670. The third-order valence-corrected chi connectivity index (χ3v) is 10.2. The molecule has 1 fully saturated rings. The van der Waals surface area contributed by atoms with Crippen molar-refractivity contribution in [3.8, 4) is 5.75 Å². The Kier molecular flexibility index (Phi) is 11.2. The smallest absolute Gasteiger partial charge is 0.247 e. The first kappa shape index (κ1) is 32.9. The molecule has 1 saturated heterocycles. The SMILES string of the molecule is COc1ccc(CN(C(=O)CCc2ccc(S(=O)(=O)N3CCCC3)cc2)[C@@H](C(=O)NCCc2ccccc2)c2ccccc2)cc1. The molecular formula is C37H41N3O5S. The third kappa shape index (κ3) is 8.41. The van der Waals surface area contributed by atoms with Gasteiger partial charge < -0.3 is 15.0 Å². The Hall–Kier alpha value is -4.47. The number of sulfonamides is 1. The zero-order chi connectivity index (χ0) is 32.4. The average molecular weight is 640 g/mol. The summed E-state index contributed by atoms with van der Waals surface area (Å²) in [6.07, 6.45) is 2.97. The number of carbonyl (C=O) groups is 2. The number of nitrogens with zero attached hydrogens (tertiary/aromatic N) is 2. The fourth-order valence-electron chi connectivity index (χ4n) is 5.73. The van der Waals surface area contributed by atoms with Gasteiger partial charge in [-0.3, -0.25) is 9.59 Å². The summed E-state index contributed by atoms with van der Waals surface area (Å²) in [4.78, 5) is 29.9. The molecular weight excluding hydrogens is 598 g/mol. The van der Waals surface area contributed by atoms with Crippen LogP contribution in [-0.4, -0.2) is 56.2 Å². The Morgan fingerprint density at radius 1 is 0.783 bits per heavy atom. The molecule has 1 aliphatic heterocycles. The molecule has 240 valence electrons. The van der Waals surface area contributed by atoms with Crippen LogP contribution in [0.5, 0.6) is 5.75 Å². The van der Waals surface area contributed by atoms with E-state index in [1.165, 1.54) is 4.31 Å². The molecule has 5 rings (SSSR count). The van der Waals surface area contributed by atoms with E-state index in [2.05, 4.69) is 5.32 Å². The summed E-state index contributed by atoms with van der Waals surface area (Å²) >= 11 is 0. The monoisotopic (exact) mass is 639 g/mol. The molecule has 0 aromatic heterocycles. The van der Waals surface area contributed by atoms with Crippen molar-refractivity contribution in [3.63, 3.8) is 0 Å². The van der Waals surface area contributed by atoms with Crippen molar-refractivity contribution < 1.29 is 22.7 Å². The Morgan fingerprint density at radius 2 is 1.37 bits per heavy atom. The molecule has 0 bridgehead atoms. The van der Waals surface area contributed by atoms with Gasteiger partial charge in [0.15, 0.2) is 0 Å². The molecule has 1 atom stereocenters. The molecule has 4 aromatic rings. The van der Waals surface area contributed by atoms with Crippen LogP contribution in [0.1, 0.15) is 47.6 Å². The summed E-state index contributed by atoms with van der Waals surface area (Å²) in [6, 6.07) is 32.7. The van der Waals surface area contributed by atoms with Crippen molar-refractivity contribution in [3.05, 3.63) is 131 Å². The van der Waals surface area contributed by atoms with E-state index in [4.69, 9.17) is 4.74 Å². The maximum atomic E-state index is 14.1. The number of hydrogen-bond donors (Lipinski definition) is 1. The van der Waals surface area contributed by atoms with Gasteiger partial charge in [0.05, 0.1) is 12.0 Å². The standard InChI is InChI=1S/C37H41N3O5S/c1-45-33-19-14-31(15-20-33)28-40(35(41)23-18-30-16-21-34(22-17-30)46(43,44)39-26-8-9-27-39)36(32-12-6-3-7-13-32)37(42)38-25-24-29-10-4-2-5-11-29/h2-7,10-17,19-22,36H,8-9,18,23-28H2,1H3,(H,38,42)/t36-/m1/s1. The van der Waals surface area contributed by atoms with Crippen molar-refractivity contribution >= 4 is 21.8 Å². The second kappa shape index (κ2) is 15.7. The summed E-state index contributed by atoms with van der Waals surface area (Å²) in [5, 5.41) is 3.07. The fourth-order valence-corrected chi connectivity index (χ4v) is 7.25. The lowest BCUT2D eigenvalue weighted by molar-refractivity contribution is -0.141. The maximum Gasteiger partial charge on any atom is 0.247 e. The Balaban J connectivity index is 1.36. The minimum atomic E-state index is -3.51. The van der Waals surface area contributed by atoms with Crippen LogP contribution in [0, 0.1) is 0 Å². The molecule has 1 aliphatic rings. The zero-order valence-electron chi connectivity index (χ0n) is 26.2. The third-order valence-electron chi connectivity index (χ3n) is 8.32. The van der Waals surface area contributed by atoms with Gasteiger partial charge >= 0.3 is 0 Å². The highest BCUT2D eigenvalue weighted by Gasteiger charge is 2.31. The number of hydrogen-bond acceptors (Lipinski definition) is 5. The van der Waals surface area contributed by atoms with Gasteiger partial charge in [0.25, 0.3) is 0 Å². The summed E-state index contributed by atoms with van der Waals surface area (Å²) in [5.41, 5.74) is 3.55. The van der Waals surface area contributed by atoms with Crippen molar-refractivity contribution in [1.29, 1.82) is 0 Å². The normalized spacial score (nSPS) is 14.0. The molecule has 46 heavy (non-hydrogen) atoms. The van der Waals surface area contributed by atoms with Crippen LogP contribution in [-0.2, 0) is 39.0 Å². The summed E-state index contributed by atoms with van der Waals surface area (Å²) in [7, 11) is -1.91. The molecule has 1 heterocycles. The number of amides is 2. The Labute approximate surface area is 272 Å². The van der Waals surface area contributed by atoms with Crippen LogP contribution in [0.4, 0.5) is 0 Å². The quantitative estimate of drug-likeness (QED) is 0.196. The van der Waals surface area contributed by atoms with E-state index in [1.54, 1.807) is 36.3 Å².